The van der Waals surface area contributed by atoms with Crippen molar-refractivity contribution < 1.29 is 0 Å². The number of rotatable bonds is 3. The maximum absolute atomic E-state index is 5.67. The van der Waals surface area contributed by atoms with Gasteiger partial charge in [0.25, 0.3) is 0 Å². The third-order valence-electron chi connectivity index (χ3n) is 2.84. The van der Waals surface area contributed by atoms with E-state index in [1.165, 1.54) is 5.56 Å². The predicted molar refractivity (Wildman–Crippen MR) is 74.4 cm³/mol. The lowest BCUT2D eigenvalue weighted by Crippen LogP contribution is -1.95. The minimum atomic E-state index is 0.474. The van der Waals surface area contributed by atoms with Gasteiger partial charge in [0.2, 0.25) is 0 Å². The topological polar surface area (TPSA) is 50.7 Å². The molecule has 0 fully saturated rings. The van der Waals surface area contributed by atoms with Gasteiger partial charge in [-0.05, 0) is 42.7 Å². The minimum absolute atomic E-state index is 0.474. The van der Waals surface area contributed by atoms with Crippen LogP contribution in [0, 0.1) is 13.8 Å². The summed E-state index contributed by atoms with van der Waals surface area (Å²) >= 11 is 0. The zero-order valence-electron chi connectivity index (χ0n) is 10.7. The Balaban J connectivity index is 2.33. The van der Waals surface area contributed by atoms with Crippen LogP contribution < -0.4 is 5.73 Å². The van der Waals surface area contributed by atoms with Crippen LogP contribution in [0.2, 0.25) is 0 Å². The van der Waals surface area contributed by atoms with Gasteiger partial charge in [-0.1, -0.05) is 30.3 Å². The lowest BCUT2D eigenvalue weighted by atomic mass is 10.1. The van der Waals surface area contributed by atoms with Crippen molar-refractivity contribution in [2.24, 2.45) is 16.0 Å². The van der Waals surface area contributed by atoms with Gasteiger partial charge in [-0.2, -0.15) is 10.2 Å². The number of nitrogens with two attached hydrogens (primary N) is 1. The molecule has 2 aromatic rings. The lowest BCUT2D eigenvalue weighted by Gasteiger charge is -2.02. The number of nitrogens with zero attached hydrogens (tertiary/aromatic N) is 2. The molecule has 0 amide bonds. The van der Waals surface area contributed by atoms with E-state index >= 15 is 0 Å². The second kappa shape index (κ2) is 5.56. The summed E-state index contributed by atoms with van der Waals surface area (Å²) in [5, 5.41) is 8.61. The normalized spacial score (nSPS) is 11.1. The zero-order valence-corrected chi connectivity index (χ0v) is 10.7. The number of benzene rings is 2. The zero-order chi connectivity index (χ0) is 13.0. The molecule has 0 spiro atoms. The molecule has 0 saturated carbocycles. The second-order valence-electron chi connectivity index (χ2n) is 4.32. The number of hydrogen-bond acceptors (Lipinski definition) is 3. The van der Waals surface area contributed by atoms with E-state index in [2.05, 4.69) is 22.4 Å². The molecular formula is C15H17N3. The van der Waals surface area contributed by atoms with Crippen LogP contribution in [0.4, 0.5) is 11.4 Å². The molecule has 18 heavy (non-hydrogen) atoms. The predicted octanol–water partition coefficient (Wildman–Crippen LogP) is 4.18. The van der Waals surface area contributed by atoms with Crippen molar-refractivity contribution in [2.45, 2.75) is 20.4 Å². The highest BCUT2D eigenvalue weighted by atomic mass is 15.1. The standard InChI is InChI=1S/C15H17N3/c1-11-7-8-12(2)15(9-11)18-17-14-6-4-3-5-13(14)10-16/h3-9H,10,16H2,1-2H3. The summed E-state index contributed by atoms with van der Waals surface area (Å²) in [4.78, 5) is 0. The van der Waals surface area contributed by atoms with Gasteiger partial charge in [-0.15, -0.1) is 0 Å². The van der Waals surface area contributed by atoms with Crippen LogP contribution in [0.3, 0.4) is 0 Å². The molecule has 0 radical (unpaired) electrons. The molecule has 0 aliphatic carbocycles. The molecular weight excluding hydrogens is 222 g/mol. The van der Waals surface area contributed by atoms with E-state index in [1.807, 2.05) is 44.2 Å². The first-order valence-corrected chi connectivity index (χ1v) is 5.97. The summed E-state index contributed by atoms with van der Waals surface area (Å²) in [6.07, 6.45) is 0. The van der Waals surface area contributed by atoms with Gasteiger partial charge in [0.05, 0.1) is 11.4 Å². The fourth-order valence-corrected chi connectivity index (χ4v) is 1.72. The van der Waals surface area contributed by atoms with E-state index < -0.39 is 0 Å². The number of azo groups is 1. The van der Waals surface area contributed by atoms with Gasteiger partial charge >= 0.3 is 0 Å². The highest BCUT2D eigenvalue weighted by molar-refractivity contribution is 5.49. The van der Waals surface area contributed by atoms with Crippen molar-refractivity contribution in [2.75, 3.05) is 0 Å². The Bertz CT molecular complexity index is 574. The smallest absolute Gasteiger partial charge is 0.0901 e. The van der Waals surface area contributed by atoms with Gasteiger partial charge < -0.3 is 5.73 Å². The van der Waals surface area contributed by atoms with Crippen molar-refractivity contribution in [3.63, 3.8) is 0 Å². The van der Waals surface area contributed by atoms with Crippen LogP contribution in [0.15, 0.2) is 52.7 Å². The summed E-state index contributed by atoms with van der Waals surface area (Å²) in [5.41, 5.74) is 10.7. The first kappa shape index (κ1) is 12.5. The maximum atomic E-state index is 5.67. The Morgan fingerprint density at radius 3 is 2.44 bits per heavy atom. The molecule has 0 aliphatic rings. The third-order valence-corrected chi connectivity index (χ3v) is 2.84. The SMILES string of the molecule is Cc1ccc(C)c(N=Nc2ccccc2CN)c1. The fourth-order valence-electron chi connectivity index (χ4n) is 1.72. The summed E-state index contributed by atoms with van der Waals surface area (Å²) in [6, 6.07) is 14.0. The van der Waals surface area contributed by atoms with Crippen molar-refractivity contribution in [3.05, 3.63) is 59.2 Å². The van der Waals surface area contributed by atoms with E-state index in [1.54, 1.807) is 0 Å². The van der Waals surface area contributed by atoms with Crippen molar-refractivity contribution in [1.82, 2.24) is 0 Å². The maximum Gasteiger partial charge on any atom is 0.0901 e. The van der Waals surface area contributed by atoms with E-state index in [-0.39, 0.29) is 0 Å². The molecule has 0 aromatic heterocycles. The highest BCUT2D eigenvalue weighted by Crippen LogP contribution is 2.24. The van der Waals surface area contributed by atoms with Crippen LogP contribution in [-0.2, 0) is 6.54 Å². The molecule has 3 nitrogen and oxygen atoms in total. The number of aryl methyl sites for hydroxylation is 2. The van der Waals surface area contributed by atoms with Crippen molar-refractivity contribution >= 4 is 11.4 Å². The summed E-state index contributed by atoms with van der Waals surface area (Å²) in [6.45, 7) is 4.55. The molecule has 2 N–H and O–H groups in total. The number of hydrogen-bond donors (Lipinski definition) is 1. The van der Waals surface area contributed by atoms with E-state index in [0.29, 0.717) is 6.54 Å². The van der Waals surface area contributed by atoms with Crippen LogP contribution in [0.1, 0.15) is 16.7 Å². The van der Waals surface area contributed by atoms with Gasteiger partial charge in [0.1, 0.15) is 0 Å². The van der Waals surface area contributed by atoms with Gasteiger partial charge in [-0.25, -0.2) is 0 Å². The third kappa shape index (κ3) is 2.81. The van der Waals surface area contributed by atoms with Gasteiger partial charge in [-0.3, -0.25) is 0 Å². The first-order chi connectivity index (χ1) is 8.70. The van der Waals surface area contributed by atoms with Crippen molar-refractivity contribution in [3.8, 4) is 0 Å². The average Bonchev–Trinajstić information content (AvgIpc) is 2.40. The molecule has 2 rings (SSSR count). The summed E-state index contributed by atoms with van der Waals surface area (Å²) in [7, 11) is 0. The van der Waals surface area contributed by atoms with Crippen molar-refractivity contribution in [1.29, 1.82) is 0 Å². The first-order valence-electron chi connectivity index (χ1n) is 5.97. The monoisotopic (exact) mass is 239 g/mol. The molecule has 0 atom stereocenters. The van der Waals surface area contributed by atoms with E-state index in [4.69, 9.17) is 5.73 Å². The summed E-state index contributed by atoms with van der Waals surface area (Å²) in [5.74, 6) is 0. The quantitative estimate of drug-likeness (QED) is 0.802. The lowest BCUT2D eigenvalue weighted by molar-refractivity contribution is 1.05. The molecule has 2 aromatic carbocycles. The largest absolute Gasteiger partial charge is 0.326 e. The van der Waals surface area contributed by atoms with Gasteiger partial charge in [0, 0.05) is 6.54 Å². The molecule has 0 unspecified atom stereocenters. The summed E-state index contributed by atoms with van der Waals surface area (Å²) < 4.78 is 0. The Kier molecular flexibility index (Phi) is 3.85. The molecule has 92 valence electrons. The average molecular weight is 239 g/mol. The molecule has 0 bridgehead atoms. The minimum Gasteiger partial charge on any atom is -0.326 e. The van der Waals surface area contributed by atoms with E-state index in [0.717, 1.165) is 22.5 Å². The van der Waals surface area contributed by atoms with Crippen LogP contribution in [0.5, 0.6) is 0 Å². The molecule has 3 heteroatoms. The van der Waals surface area contributed by atoms with Crippen LogP contribution in [-0.4, -0.2) is 0 Å². The molecule has 0 aliphatic heterocycles. The Morgan fingerprint density at radius 2 is 1.67 bits per heavy atom. The second-order valence-corrected chi connectivity index (χ2v) is 4.32. The van der Waals surface area contributed by atoms with Crippen LogP contribution in [0.25, 0.3) is 0 Å². The fraction of sp³-hybridized carbons (Fsp3) is 0.200. The molecule has 0 heterocycles. The van der Waals surface area contributed by atoms with Gasteiger partial charge in [0.15, 0.2) is 0 Å². The van der Waals surface area contributed by atoms with Crippen LogP contribution >= 0.6 is 0 Å². The Hall–Kier alpha value is -2.00. The Morgan fingerprint density at radius 1 is 0.944 bits per heavy atom. The highest BCUT2D eigenvalue weighted by Gasteiger charge is 1.99. The molecule has 0 saturated heterocycles. The van der Waals surface area contributed by atoms with E-state index in [9.17, 15) is 0 Å². The Labute approximate surface area is 107 Å².